The van der Waals surface area contributed by atoms with Crippen molar-refractivity contribution >= 4 is 6.03 Å². The Labute approximate surface area is 84.8 Å². The Morgan fingerprint density at radius 3 is 3.07 bits per heavy atom. The lowest BCUT2D eigenvalue weighted by Gasteiger charge is -2.32. The maximum Gasteiger partial charge on any atom is 0.317 e. The van der Waals surface area contributed by atoms with Crippen molar-refractivity contribution in [2.24, 2.45) is 0 Å². The van der Waals surface area contributed by atoms with Gasteiger partial charge >= 0.3 is 6.03 Å². The summed E-state index contributed by atoms with van der Waals surface area (Å²) in [6.45, 7) is 5.37. The Morgan fingerprint density at radius 1 is 1.64 bits per heavy atom. The predicted octanol–water partition coefficient (Wildman–Crippen LogP) is -0.364. The van der Waals surface area contributed by atoms with Gasteiger partial charge in [0, 0.05) is 26.2 Å². The van der Waals surface area contributed by atoms with Gasteiger partial charge in [0.1, 0.15) is 0 Å². The average Bonchev–Trinajstić information content (AvgIpc) is 2.19. The molecule has 5 nitrogen and oxygen atoms in total. The number of likely N-dealkylation sites (N-methyl/N-ethyl adjacent to an activating group) is 1. The number of carbonyl (C=O) groups excluding carboxylic acids is 1. The molecule has 1 rings (SSSR count). The molecule has 1 atom stereocenters. The van der Waals surface area contributed by atoms with Crippen molar-refractivity contribution in [3.8, 4) is 0 Å². The van der Waals surface area contributed by atoms with Gasteiger partial charge in [-0.1, -0.05) is 0 Å². The zero-order chi connectivity index (χ0) is 10.4. The minimum Gasteiger partial charge on any atom is -0.373 e. The van der Waals surface area contributed by atoms with Gasteiger partial charge in [-0.3, -0.25) is 0 Å². The van der Waals surface area contributed by atoms with E-state index in [0.717, 1.165) is 6.54 Å². The smallest absolute Gasteiger partial charge is 0.317 e. The Balaban J connectivity index is 2.35. The molecule has 1 heterocycles. The fourth-order valence-corrected chi connectivity index (χ4v) is 1.52. The van der Waals surface area contributed by atoms with Gasteiger partial charge in [0.15, 0.2) is 0 Å². The van der Waals surface area contributed by atoms with Crippen LogP contribution in [0.25, 0.3) is 0 Å². The van der Waals surface area contributed by atoms with Gasteiger partial charge in [-0.2, -0.15) is 0 Å². The Bertz CT molecular complexity index is 185. The summed E-state index contributed by atoms with van der Waals surface area (Å²) in [5, 5.41) is 5.83. The van der Waals surface area contributed by atoms with Gasteiger partial charge in [-0.25, -0.2) is 4.79 Å². The van der Waals surface area contributed by atoms with Crippen LogP contribution >= 0.6 is 0 Å². The van der Waals surface area contributed by atoms with E-state index in [0.29, 0.717) is 26.2 Å². The van der Waals surface area contributed by atoms with Gasteiger partial charge in [0.2, 0.25) is 0 Å². The molecule has 0 aromatic heterocycles. The second-order valence-corrected chi connectivity index (χ2v) is 3.33. The third-order valence-electron chi connectivity index (χ3n) is 2.19. The van der Waals surface area contributed by atoms with E-state index < -0.39 is 0 Å². The van der Waals surface area contributed by atoms with Crippen molar-refractivity contribution in [1.82, 2.24) is 15.5 Å². The number of carbonyl (C=O) groups is 1. The summed E-state index contributed by atoms with van der Waals surface area (Å²) >= 11 is 0. The average molecular weight is 201 g/mol. The minimum absolute atomic E-state index is 0.0110. The highest BCUT2D eigenvalue weighted by molar-refractivity contribution is 5.74. The van der Waals surface area contributed by atoms with E-state index in [1.807, 2.05) is 14.0 Å². The summed E-state index contributed by atoms with van der Waals surface area (Å²) < 4.78 is 5.49. The van der Waals surface area contributed by atoms with Crippen LogP contribution in [0, 0.1) is 0 Å². The predicted molar refractivity (Wildman–Crippen MR) is 54.3 cm³/mol. The third kappa shape index (κ3) is 3.16. The SMILES string of the molecule is CCNC(=O)N1CCOC(CNC)C1. The first-order valence-corrected chi connectivity index (χ1v) is 5.07. The molecule has 14 heavy (non-hydrogen) atoms. The molecular weight excluding hydrogens is 182 g/mol. The van der Waals surface area contributed by atoms with Crippen molar-refractivity contribution in [1.29, 1.82) is 0 Å². The van der Waals surface area contributed by atoms with E-state index in [1.165, 1.54) is 0 Å². The molecule has 82 valence electrons. The molecule has 0 radical (unpaired) electrons. The molecule has 0 bridgehead atoms. The number of morpholine rings is 1. The third-order valence-corrected chi connectivity index (χ3v) is 2.19. The van der Waals surface area contributed by atoms with E-state index in [-0.39, 0.29) is 12.1 Å². The monoisotopic (exact) mass is 201 g/mol. The number of urea groups is 1. The molecule has 0 spiro atoms. The lowest BCUT2D eigenvalue weighted by Crippen LogP contribution is -2.51. The van der Waals surface area contributed by atoms with Crippen LogP contribution < -0.4 is 10.6 Å². The number of nitrogens with zero attached hydrogens (tertiary/aromatic N) is 1. The lowest BCUT2D eigenvalue weighted by atomic mass is 10.3. The van der Waals surface area contributed by atoms with Crippen LogP contribution in [0.4, 0.5) is 4.79 Å². The Morgan fingerprint density at radius 2 is 2.43 bits per heavy atom. The number of hydrogen-bond acceptors (Lipinski definition) is 3. The van der Waals surface area contributed by atoms with Crippen LogP contribution in [0.5, 0.6) is 0 Å². The van der Waals surface area contributed by atoms with Crippen LogP contribution in [-0.2, 0) is 4.74 Å². The number of amides is 2. The van der Waals surface area contributed by atoms with Gasteiger partial charge in [0.05, 0.1) is 12.7 Å². The molecule has 0 aromatic carbocycles. The van der Waals surface area contributed by atoms with Gasteiger partial charge in [-0.15, -0.1) is 0 Å². The zero-order valence-electron chi connectivity index (χ0n) is 8.88. The van der Waals surface area contributed by atoms with E-state index in [2.05, 4.69) is 10.6 Å². The van der Waals surface area contributed by atoms with Crippen molar-refractivity contribution < 1.29 is 9.53 Å². The second kappa shape index (κ2) is 5.82. The fraction of sp³-hybridized carbons (Fsp3) is 0.889. The summed E-state index contributed by atoms with van der Waals surface area (Å²) in [6.07, 6.45) is 0.122. The molecule has 1 fully saturated rings. The first-order chi connectivity index (χ1) is 6.77. The molecule has 1 aliphatic rings. The molecule has 5 heteroatoms. The maximum absolute atomic E-state index is 11.5. The van der Waals surface area contributed by atoms with Gasteiger partial charge in [0.25, 0.3) is 0 Å². The van der Waals surface area contributed by atoms with Gasteiger partial charge in [-0.05, 0) is 14.0 Å². The zero-order valence-corrected chi connectivity index (χ0v) is 8.88. The topological polar surface area (TPSA) is 53.6 Å². The Kier molecular flexibility index (Phi) is 4.69. The summed E-state index contributed by atoms with van der Waals surface area (Å²) in [7, 11) is 1.88. The highest BCUT2D eigenvalue weighted by Crippen LogP contribution is 2.04. The standard InChI is InChI=1S/C9H19N3O2/c1-3-11-9(13)12-4-5-14-8(7-12)6-10-2/h8,10H,3-7H2,1-2H3,(H,11,13). The molecule has 0 aliphatic carbocycles. The first-order valence-electron chi connectivity index (χ1n) is 5.07. The van der Waals surface area contributed by atoms with Crippen molar-refractivity contribution in [2.75, 3.05) is 39.8 Å². The normalized spacial score (nSPS) is 22.1. The molecule has 1 aliphatic heterocycles. The molecule has 0 saturated carbocycles. The first kappa shape index (κ1) is 11.3. The highest BCUT2D eigenvalue weighted by atomic mass is 16.5. The molecule has 2 amide bonds. The van der Waals surface area contributed by atoms with Gasteiger partial charge < -0.3 is 20.3 Å². The molecular formula is C9H19N3O2. The van der Waals surface area contributed by atoms with Crippen LogP contribution in [-0.4, -0.2) is 56.9 Å². The fourth-order valence-electron chi connectivity index (χ4n) is 1.52. The number of nitrogens with one attached hydrogen (secondary N) is 2. The van der Waals surface area contributed by atoms with E-state index in [4.69, 9.17) is 4.74 Å². The Hall–Kier alpha value is -0.810. The number of rotatable bonds is 3. The quantitative estimate of drug-likeness (QED) is 0.655. The maximum atomic E-state index is 11.5. The van der Waals surface area contributed by atoms with Crippen LogP contribution in [0.3, 0.4) is 0 Å². The summed E-state index contributed by atoms with van der Waals surface area (Å²) in [6, 6.07) is 0.0110. The van der Waals surface area contributed by atoms with E-state index in [1.54, 1.807) is 4.90 Å². The van der Waals surface area contributed by atoms with Crippen molar-refractivity contribution in [3.63, 3.8) is 0 Å². The lowest BCUT2D eigenvalue weighted by molar-refractivity contribution is -0.0118. The van der Waals surface area contributed by atoms with Crippen molar-refractivity contribution in [3.05, 3.63) is 0 Å². The largest absolute Gasteiger partial charge is 0.373 e. The van der Waals surface area contributed by atoms with E-state index >= 15 is 0 Å². The summed E-state index contributed by atoms with van der Waals surface area (Å²) in [5.74, 6) is 0. The molecule has 1 saturated heterocycles. The molecule has 2 N–H and O–H groups in total. The molecule has 0 aromatic rings. The second-order valence-electron chi connectivity index (χ2n) is 3.33. The number of hydrogen-bond donors (Lipinski definition) is 2. The highest BCUT2D eigenvalue weighted by Gasteiger charge is 2.22. The number of ether oxygens (including phenoxy) is 1. The minimum atomic E-state index is 0.0110. The van der Waals surface area contributed by atoms with E-state index in [9.17, 15) is 4.79 Å². The summed E-state index contributed by atoms with van der Waals surface area (Å²) in [4.78, 5) is 13.3. The molecule has 1 unspecified atom stereocenters. The summed E-state index contributed by atoms with van der Waals surface area (Å²) in [5.41, 5.74) is 0. The van der Waals surface area contributed by atoms with Crippen LogP contribution in [0.15, 0.2) is 0 Å². The van der Waals surface area contributed by atoms with Crippen molar-refractivity contribution in [2.45, 2.75) is 13.0 Å². The van der Waals surface area contributed by atoms with Crippen LogP contribution in [0.1, 0.15) is 6.92 Å². The van der Waals surface area contributed by atoms with Crippen LogP contribution in [0.2, 0.25) is 0 Å².